The van der Waals surface area contributed by atoms with E-state index in [9.17, 15) is 9.59 Å². The molecule has 1 heterocycles. The largest absolute Gasteiger partial charge is 0.459 e. The van der Waals surface area contributed by atoms with E-state index in [0.29, 0.717) is 12.8 Å². The van der Waals surface area contributed by atoms with Gasteiger partial charge in [-0.3, -0.25) is 20.4 Å². The molecule has 0 bridgehead atoms. The number of hydrogen-bond acceptors (Lipinski definition) is 3. The molecule has 0 unspecified atom stereocenters. The summed E-state index contributed by atoms with van der Waals surface area (Å²) in [6.07, 6.45) is 3.34. The van der Waals surface area contributed by atoms with Crippen molar-refractivity contribution < 1.29 is 14.0 Å². The molecule has 1 aromatic carbocycles. The molecule has 0 fully saturated rings. The van der Waals surface area contributed by atoms with Gasteiger partial charge < -0.3 is 4.42 Å². The minimum absolute atomic E-state index is 0.158. The highest BCUT2D eigenvalue weighted by Crippen LogP contribution is 2.07. The molecule has 0 radical (unpaired) electrons. The summed E-state index contributed by atoms with van der Waals surface area (Å²) in [6, 6.07) is 11.3. The lowest BCUT2D eigenvalue weighted by Gasteiger charge is -2.06. The van der Waals surface area contributed by atoms with Gasteiger partial charge >= 0.3 is 5.91 Å². The Labute approximate surface area is 123 Å². The van der Waals surface area contributed by atoms with Gasteiger partial charge in [-0.2, -0.15) is 0 Å². The van der Waals surface area contributed by atoms with Gasteiger partial charge in [-0.25, -0.2) is 0 Å². The number of nitrogens with one attached hydrogen (secondary N) is 2. The van der Waals surface area contributed by atoms with Crippen LogP contribution in [0.5, 0.6) is 0 Å². The Kier molecular flexibility index (Phi) is 5.15. The molecule has 5 heteroatoms. The van der Waals surface area contributed by atoms with Gasteiger partial charge in [0.1, 0.15) is 0 Å². The maximum Gasteiger partial charge on any atom is 0.305 e. The Balaban J connectivity index is 1.73. The first-order valence-electron chi connectivity index (χ1n) is 6.89. The Bertz CT molecular complexity index is 588. The molecule has 0 aliphatic heterocycles. The van der Waals surface area contributed by atoms with Gasteiger partial charge in [0.2, 0.25) is 5.91 Å². The Morgan fingerprint density at radius 1 is 1.05 bits per heavy atom. The number of carbonyl (C=O) groups is 2. The number of benzene rings is 1. The number of amides is 2. The van der Waals surface area contributed by atoms with Crippen molar-refractivity contribution in [2.45, 2.75) is 26.2 Å². The van der Waals surface area contributed by atoms with E-state index in [1.165, 1.54) is 17.9 Å². The van der Waals surface area contributed by atoms with Crippen LogP contribution in [0.15, 0.2) is 47.1 Å². The number of aryl methyl sites for hydroxylation is 2. The van der Waals surface area contributed by atoms with E-state index in [-0.39, 0.29) is 11.7 Å². The Morgan fingerprint density at radius 3 is 2.38 bits per heavy atom. The third-order valence-electron chi connectivity index (χ3n) is 3.13. The highest BCUT2D eigenvalue weighted by Gasteiger charge is 2.09. The van der Waals surface area contributed by atoms with E-state index >= 15 is 0 Å². The van der Waals surface area contributed by atoms with Crippen molar-refractivity contribution in [2.24, 2.45) is 0 Å². The summed E-state index contributed by atoms with van der Waals surface area (Å²) >= 11 is 0. The van der Waals surface area contributed by atoms with Gasteiger partial charge in [0.25, 0.3) is 0 Å². The number of carbonyl (C=O) groups excluding carboxylic acids is 2. The first-order chi connectivity index (χ1) is 10.2. The van der Waals surface area contributed by atoms with Gasteiger partial charge in [0.05, 0.1) is 6.26 Å². The average molecular weight is 286 g/mol. The highest BCUT2D eigenvalue weighted by molar-refractivity contribution is 5.92. The third-order valence-corrected chi connectivity index (χ3v) is 3.13. The van der Waals surface area contributed by atoms with Crippen LogP contribution in [0.2, 0.25) is 0 Å². The van der Waals surface area contributed by atoms with Crippen molar-refractivity contribution in [2.75, 3.05) is 0 Å². The van der Waals surface area contributed by atoms with E-state index in [1.807, 2.05) is 12.1 Å². The molecule has 0 atom stereocenters. The maximum atomic E-state index is 11.7. The minimum atomic E-state index is -0.472. The SMILES string of the molecule is CCc1ccc(CCC(=O)NNC(=O)c2ccco2)cc1. The first kappa shape index (κ1) is 14.8. The molecule has 21 heavy (non-hydrogen) atoms. The summed E-state index contributed by atoms with van der Waals surface area (Å²) in [4.78, 5) is 23.2. The smallest absolute Gasteiger partial charge is 0.305 e. The molecule has 1 aromatic heterocycles. The lowest BCUT2D eigenvalue weighted by Crippen LogP contribution is -2.41. The molecule has 0 spiro atoms. The van der Waals surface area contributed by atoms with E-state index in [4.69, 9.17) is 4.42 Å². The summed E-state index contributed by atoms with van der Waals surface area (Å²) in [5.74, 6) is -0.555. The molecule has 5 nitrogen and oxygen atoms in total. The van der Waals surface area contributed by atoms with E-state index < -0.39 is 5.91 Å². The van der Waals surface area contributed by atoms with Gasteiger partial charge in [-0.05, 0) is 36.1 Å². The monoisotopic (exact) mass is 286 g/mol. The molecule has 2 N–H and O–H groups in total. The lowest BCUT2D eigenvalue weighted by molar-refractivity contribution is -0.121. The quantitative estimate of drug-likeness (QED) is 0.828. The van der Waals surface area contributed by atoms with Crippen LogP contribution in [0.25, 0.3) is 0 Å². The van der Waals surface area contributed by atoms with Crippen LogP contribution in [0, 0.1) is 0 Å². The second-order valence-electron chi connectivity index (χ2n) is 4.65. The molecule has 0 aliphatic carbocycles. The molecule has 2 rings (SSSR count). The highest BCUT2D eigenvalue weighted by atomic mass is 16.3. The zero-order chi connectivity index (χ0) is 15.1. The second kappa shape index (κ2) is 7.28. The molecular weight excluding hydrogens is 268 g/mol. The predicted octanol–water partition coefficient (Wildman–Crippen LogP) is 2.24. The van der Waals surface area contributed by atoms with E-state index in [1.54, 1.807) is 6.07 Å². The fourth-order valence-corrected chi connectivity index (χ4v) is 1.86. The fourth-order valence-electron chi connectivity index (χ4n) is 1.86. The van der Waals surface area contributed by atoms with Crippen molar-refractivity contribution in [1.29, 1.82) is 0 Å². The molecule has 110 valence electrons. The van der Waals surface area contributed by atoms with Crippen molar-refractivity contribution in [3.05, 3.63) is 59.5 Å². The van der Waals surface area contributed by atoms with Crippen LogP contribution in [0.1, 0.15) is 35.0 Å². The average Bonchev–Trinajstić information content (AvgIpc) is 3.05. The Hall–Kier alpha value is -2.56. The van der Waals surface area contributed by atoms with Crippen LogP contribution in [-0.4, -0.2) is 11.8 Å². The molecule has 0 saturated carbocycles. The zero-order valence-electron chi connectivity index (χ0n) is 11.9. The van der Waals surface area contributed by atoms with Crippen LogP contribution >= 0.6 is 0 Å². The van der Waals surface area contributed by atoms with Crippen molar-refractivity contribution in [1.82, 2.24) is 10.9 Å². The zero-order valence-corrected chi connectivity index (χ0v) is 11.9. The normalized spacial score (nSPS) is 10.1. The lowest BCUT2D eigenvalue weighted by atomic mass is 10.1. The first-order valence-corrected chi connectivity index (χ1v) is 6.89. The standard InChI is InChI=1S/C16H18N2O3/c1-2-12-5-7-13(8-6-12)9-10-15(19)17-18-16(20)14-4-3-11-21-14/h3-8,11H,2,9-10H2,1H3,(H,17,19)(H,18,20). The van der Waals surface area contributed by atoms with Gasteiger partial charge in [0, 0.05) is 6.42 Å². The van der Waals surface area contributed by atoms with Crippen molar-refractivity contribution >= 4 is 11.8 Å². The minimum Gasteiger partial charge on any atom is -0.459 e. The summed E-state index contributed by atoms with van der Waals surface area (Å²) in [5.41, 5.74) is 7.04. The number of hydrazine groups is 1. The van der Waals surface area contributed by atoms with Crippen molar-refractivity contribution in [3.63, 3.8) is 0 Å². The number of hydrogen-bond donors (Lipinski definition) is 2. The van der Waals surface area contributed by atoms with Crippen LogP contribution in [0.3, 0.4) is 0 Å². The van der Waals surface area contributed by atoms with Crippen molar-refractivity contribution in [3.8, 4) is 0 Å². The molecule has 0 aliphatic rings. The van der Waals surface area contributed by atoms with Crippen LogP contribution in [0.4, 0.5) is 0 Å². The van der Waals surface area contributed by atoms with E-state index in [0.717, 1.165) is 12.0 Å². The number of rotatable bonds is 5. The molecule has 0 saturated heterocycles. The van der Waals surface area contributed by atoms with Gasteiger partial charge in [-0.15, -0.1) is 0 Å². The predicted molar refractivity (Wildman–Crippen MR) is 78.5 cm³/mol. The van der Waals surface area contributed by atoms with E-state index in [2.05, 4.69) is 29.9 Å². The van der Waals surface area contributed by atoms with Crippen LogP contribution in [-0.2, 0) is 17.6 Å². The van der Waals surface area contributed by atoms with Crippen LogP contribution < -0.4 is 10.9 Å². The second-order valence-corrected chi connectivity index (χ2v) is 4.65. The van der Waals surface area contributed by atoms with Gasteiger partial charge in [0.15, 0.2) is 5.76 Å². The topological polar surface area (TPSA) is 71.3 Å². The van der Waals surface area contributed by atoms with Gasteiger partial charge in [-0.1, -0.05) is 31.2 Å². The Morgan fingerprint density at radius 2 is 1.76 bits per heavy atom. The molecule has 2 amide bonds. The third kappa shape index (κ3) is 4.49. The fraction of sp³-hybridized carbons (Fsp3) is 0.250. The molecular formula is C16H18N2O3. The summed E-state index contributed by atoms with van der Waals surface area (Å²) < 4.78 is 4.92. The summed E-state index contributed by atoms with van der Waals surface area (Å²) in [5, 5.41) is 0. The maximum absolute atomic E-state index is 11.7. The summed E-state index contributed by atoms with van der Waals surface area (Å²) in [7, 11) is 0. The number of furan rings is 1. The summed E-state index contributed by atoms with van der Waals surface area (Å²) in [6.45, 7) is 2.10. The molecule has 2 aromatic rings.